The molecule has 2 aromatic rings. The van der Waals surface area contributed by atoms with Gasteiger partial charge in [0.15, 0.2) is 6.10 Å². The van der Waals surface area contributed by atoms with E-state index in [-0.39, 0.29) is 11.9 Å². The van der Waals surface area contributed by atoms with Crippen LogP contribution in [0.2, 0.25) is 0 Å². The van der Waals surface area contributed by atoms with Crippen molar-refractivity contribution in [3.63, 3.8) is 0 Å². The summed E-state index contributed by atoms with van der Waals surface area (Å²) in [6, 6.07) is 7.76. The van der Waals surface area contributed by atoms with Crippen molar-refractivity contribution in [3.05, 3.63) is 48.5 Å². The number of aromatic nitrogens is 2. The van der Waals surface area contributed by atoms with Crippen LogP contribution in [0.5, 0.6) is 5.75 Å². The lowest BCUT2D eigenvalue weighted by Gasteiger charge is -2.36. The highest BCUT2D eigenvalue weighted by atomic mass is 16.5. The van der Waals surface area contributed by atoms with Gasteiger partial charge >= 0.3 is 0 Å². The van der Waals surface area contributed by atoms with Gasteiger partial charge in [0.2, 0.25) is 0 Å². The molecule has 3 rings (SSSR count). The monoisotopic (exact) mass is 285 g/mol. The largest absolute Gasteiger partial charge is 0.479 e. The molecule has 1 aliphatic rings. The molecule has 0 saturated carbocycles. The molecule has 0 N–H and O–H groups in total. The zero-order chi connectivity index (χ0) is 14.8. The Morgan fingerprint density at radius 1 is 1.38 bits per heavy atom. The van der Waals surface area contributed by atoms with Crippen molar-refractivity contribution in [2.75, 3.05) is 6.54 Å². The van der Waals surface area contributed by atoms with Gasteiger partial charge in [-0.25, -0.2) is 0 Å². The average molecular weight is 285 g/mol. The molecule has 5 nitrogen and oxygen atoms in total. The van der Waals surface area contributed by atoms with E-state index in [1.807, 2.05) is 17.0 Å². The van der Waals surface area contributed by atoms with E-state index in [1.54, 1.807) is 25.4 Å². The second-order valence-electron chi connectivity index (χ2n) is 5.28. The maximum Gasteiger partial charge on any atom is 0.263 e. The Bertz CT molecular complexity index is 623. The summed E-state index contributed by atoms with van der Waals surface area (Å²) in [4.78, 5) is 18.5. The number of carbonyl (C=O) groups is 1. The Morgan fingerprint density at radius 3 is 3.00 bits per heavy atom. The van der Waals surface area contributed by atoms with Gasteiger partial charge in [-0.05, 0) is 38.1 Å². The minimum Gasteiger partial charge on any atom is -0.479 e. The topological polar surface area (TPSA) is 47.4 Å². The summed E-state index contributed by atoms with van der Waals surface area (Å²) in [5.74, 6) is 0.630. The Hall–Kier alpha value is -2.30. The summed E-state index contributed by atoms with van der Waals surface area (Å²) in [6.07, 6.45) is 4.84. The molecule has 0 aromatic carbocycles. The molecule has 21 heavy (non-hydrogen) atoms. The van der Waals surface area contributed by atoms with Crippen molar-refractivity contribution < 1.29 is 9.53 Å². The molecule has 5 heteroatoms. The number of rotatable bonds is 3. The molecule has 1 amide bonds. The van der Waals surface area contributed by atoms with Gasteiger partial charge < -0.3 is 14.2 Å². The molecule has 0 unspecified atom stereocenters. The first-order chi connectivity index (χ1) is 10.2. The maximum absolute atomic E-state index is 12.6. The van der Waals surface area contributed by atoms with E-state index in [1.165, 1.54) is 5.69 Å². The smallest absolute Gasteiger partial charge is 0.263 e. The second kappa shape index (κ2) is 5.60. The minimum absolute atomic E-state index is 0.0128. The van der Waals surface area contributed by atoms with Crippen molar-refractivity contribution in [2.45, 2.75) is 32.5 Å². The minimum atomic E-state index is -0.516. The predicted octanol–water partition coefficient (Wildman–Crippen LogP) is 2.25. The summed E-state index contributed by atoms with van der Waals surface area (Å²) >= 11 is 0. The van der Waals surface area contributed by atoms with Crippen molar-refractivity contribution in [3.8, 4) is 5.75 Å². The predicted molar refractivity (Wildman–Crippen MR) is 78.9 cm³/mol. The van der Waals surface area contributed by atoms with Crippen LogP contribution in [0.4, 0.5) is 0 Å². The number of fused-ring (bicyclic) bond motifs is 1. The van der Waals surface area contributed by atoms with Crippen LogP contribution in [-0.4, -0.2) is 33.0 Å². The molecule has 1 aliphatic heterocycles. The summed E-state index contributed by atoms with van der Waals surface area (Å²) in [5, 5.41) is 0. The first kappa shape index (κ1) is 13.7. The lowest BCUT2D eigenvalue weighted by Crippen LogP contribution is -2.46. The quantitative estimate of drug-likeness (QED) is 0.869. The summed E-state index contributed by atoms with van der Waals surface area (Å²) in [6.45, 7) is 5.38. The van der Waals surface area contributed by atoms with Gasteiger partial charge in [0.25, 0.3) is 5.91 Å². The van der Waals surface area contributed by atoms with Gasteiger partial charge in [-0.1, -0.05) is 0 Å². The van der Waals surface area contributed by atoms with Crippen LogP contribution < -0.4 is 4.74 Å². The average Bonchev–Trinajstić information content (AvgIpc) is 2.97. The summed E-state index contributed by atoms with van der Waals surface area (Å²) in [5.41, 5.74) is 1.17. The number of amides is 1. The molecule has 0 radical (unpaired) electrons. The fourth-order valence-corrected chi connectivity index (χ4v) is 2.78. The maximum atomic E-state index is 12.6. The van der Waals surface area contributed by atoms with Gasteiger partial charge in [-0.3, -0.25) is 9.78 Å². The molecule has 3 heterocycles. The number of carbonyl (C=O) groups excluding carboxylic acids is 1. The first-order valence-electron chi connectivity index (χ1n) is 7.19. The number of hydrogen-bond acceptors (Lipinski definition) is 3. The van der Waals surface area contributed by atoms with Crippen molar-refractivity contribution in [1.82, 2.24) is 14.5 Å². The summed E-state index contributed by atoms with van der Waals surface area (Å²) < 4.78 is 7.88. The third-order valence-electron chi connectivity index (χ3n) is 3.92. The zero-order valence-electron chi connectivity index (χ0n) is 12.3. The van der Waals surface area contributed by atoms with E-state index in [4.69, 9.17) is 4.74 Å². The molecular formula is C16H19N3O2. The van der Waals surface area contributed by atoms with E-state index in [0.29, 0.717) is 12.3 Å². The molecule has 2 atom stereocenters. The van der Waals surface area contributed by atoms with Crippen LogP contribution >= 0.6 is 0 Å². The Kier molecular flexibility index (Phi) is 3.64. The van der Waals surface area contributed by atoms with Crippen LogP contribution in [0.3, 0.4) is 0 Å². The molecule has 0 saturated heterocycles. The highest BCUT2D eigenvalue weighted by Crippen LogP contribution is 2.26. The van der Waals surface area contributed by atoms with Crippen LogP contribution in [0, 0.1) is 0 Å². The van der Waals surface area contributed by atoms with E-state index in [9.17, 15) is 4.79 Å². The molecule has 0 bridgehead atoms. The molecule has 0 aliphatic carbocycles. The van der Waals surface area contributed by atoms with Crippen LogP contribution in [0.15, 0.2) is 42.9 Å². The molecule has 110 valence electrons. The number of nitrogens with zero attached hydrogens (tertiary/aromatic N) is 3. The van der Waals surface area contributed by atoms with Crippen molar-refractivity contribution >= 4 is 5.91 Å². The van der Waals surface area contributed by atoms with Crippen molar-refractivity contribution in [1.29, 1.82) is 0 Å². The SMILES string of the molecule is C[C@@H]1c2cccn2CCN1C(=O)[C@@H](C)Oc1cccnc1. The fourth-order valence-electron chi connectivity index (χ4n) is 2.78. The highest BCUT2D eigenvalue weighted by molar-refractivity contribution is 5.81. The lowest BCUT2D eigenvalue weighted by atomic mass is 10.1. The van der Waals surface area contributed by atoms with Gasteiger partial charge in [-0.15, -0.1) is 0 Å². The zero-order valence-corrected chi connectivity index (χ0v) is 12.3. The Balaban J connectivity index is 1.71. The lowest BCUT2D eigenvalue weighted by molar-refractivity contribution is -0.141. The van der Waals surface area contributed by atoms with Crippen LogP contribution in [0.1, 0.15) is 25.6 Å². The van der Waals surface area contributed by atoms with E-state index in [2.05, 4.69) is 28.7 Å². The van der Waals surface area contributed by atoms with Gasteiger partial charge in [0.1, 0.15) is 5.75 Å². The molecular weight excluding hydrogens is 266 g/mol. The van der Waals surface area contributed by atoms with Gasteiger partial charge in [0, 0.05) is 31.2 Å². The van der Waals surface area contributed by atoms with Crippen LogP contribution in [-0.2, 0) is 11.3 Å². The van der Waals surface area contributed by atoms with Crippen LogP contribution in [0.25, 0.3) is 0 Å². The number of ether oxygens (including phenoxy) is 1. The third-order valence-corrected chi connectivity index (χ3v) is 3.92. The number of hydrogen-bond donors (Lipinski definition) is 0. The molecule has 0 fully saturated rings. The van der Waals surface area contributed by atoms with Gasteiger partial charge in [-0.2, -0.15) is 0 Å². The second-order valence-corrected chi connectivity index (χ2v) is 5.28. The van der Waals surface area contributed by atoms with Crippen molar-refractivity contribution in [2.24, 2.45) is 0 Å². The fraction of sp³-hybridized carbons (Fsp3) is 0.375. The third kappa shape index (κ3) is 2.63. The Morgan fingerprint density at radius 2 is 2.24 bits per heavy atom. The summed E-state index contributed by atoms with van der Waals surface area (Å²) in [7, 11) is 0. The molecule has 2 aromatic heterocycles. The van der Waals surface area contributed by atoms with E-state index < -0.39 is 6.10 Å². The molecule has 0 spiro atoms. The normalized spacial score (nSPS) is 19.0. The van der Waals surface area contributed by atoms with E-state index >= 15 is 0 Å². The van der Waals surface area contributed by atoms with Gasteiger partial charge in [0.05, 0.1) is 12.2 Å². The number of pyridine rings is 1. The Labute approximate surface area is 124 Å². The van der Waals surface area contributed by atoms with E-state index in [0.717, 1.165) is 6.54 Å². The standard InChI is InChI=1S/C16H19N3O2/c1-12-15-6-4-8-18(15)9-10-19(12)16(20)13(2)21-14-5-3-7-17-11-14/h3-8,11-13H,9-10H2,1-2H3/t12-,13-/m1/s1. The highest BCUT2D eigenvalue weighted by Gasteiger charge is 2.30. The first-order valence-corrected chi connectivity index (χ1v) is 7.19.